The lowest BCUT2D eigenvalue weighted by Gasteiger charge is -2.41. The van der Waals surface area contributed by atoms with E-state index in [0.717, 1.165) is 0 Å². The van der Waals surface area contributed by atoms with Gasteiger partial charge >= 0.3 is 0 Å². The number of carbonyl (C=O) groups excluding carboxylic acids is 3. The first kappa shape index (κ1) is 23.7. The number of aliphatic hydroxyl groups excluding tert-OH is 2. The number of hydrogen-bond donors (Lipinski definition) is 3. The number of nitrogens with zero attached hydrogens (tertiary/aromatic N) is 1. The van der Waals surface area contributed by atoms with Crippen molar-refractivity contribution < 1.29 is 34.5 Å². The van der Waals surface area contributed by atoms with Gasteiger partial charge < -0.3 is 20.2 Å². The number of oxime groups is 1. The van der Waals surface area contributed by atoms with Gasteiger partial charge in [-0.25, -0.2) is 0 Å². The van der Waals surface area contributed by atoms with E-state index < -0.39 is 40.7 Å². The van der Waals surface area contributed by atoms with Crippen molar-refractivity contribution in [1.82, 2.24) is 0 Å². The second-order valence-electron chi connectivity index (χ2n) is 10.3. The van der Waals surface area contributed by atoms with Crippen LogP contribution in [0.2, 0.25) is 0 Å². The molecule has 3 aliphatic carbocycles. The maximum absolute atomic E-state index is 13.5. The van der Waals surface area contributed by atoms with Crippen LogP contribution >= 0.6 is 0 Å². The Morgan fingerprint density at radius 2 is 1.76 bits per heavy atom. The molecule has 180 valence electrons. The molecule has 0 saturated heterocycles. The Labute approximate surface area is 197 Å². The normalized spacial score (nSPS) is 25.1. The average Bonchev–Trinajstić information content (AvgIpc) is 2.70. The molecule has 0 spiro atoms. The summed E-state index contributed by atoms with van der Waals surface area (Å²) in [5, 5.41) is 36.2. The topological polar surface area (TPSA) is 133 Å². The first-order valence-electron chi connectivity index (χ1n) is 11.3. The summed E-state index contributed by atoms with van der Waals surface area (Å²) in [5.74, 6) is -4.51. The van der Waals surface area contributed by atoms with E-state index >= 15 is 0 Å². The summed E-state index contributed by atoms with van der Waals surface area (Å²) in [6.07, 6.45) is 0.793. The van der Waals surface area contributed by atoms with Gasteiger partial charge in [0.2, 0.25) is 0 Å². The van der Waals surface area contributed by atoms with E-state index in [0.29, 0.717) is 29.7 Å². The maximum Gasteiger partial charge on any atom is 0.196 e. The fourth-order valence-corrected chi connectivity index (χ4v) is 5.35. The molecule has 0 radical (unpaired) electrons. The third-order valence-corrected chi connectivity index (χ3v) is 6.72. The Morgan fingerprint density at radius 3 is 2.38 bits per heavy atom. The van der Waals surface area contributed by atoms with Crippen molar-refractivity contribution in [1.29, 1.82) is 0 Å². The van der Waals surface area contributed by atoms with Gasteiger partial charge in [0.1, 0.15) is 22.9 Å². The summed E-state index contributed by atoms with van der Waals surface area (Å²) in [6.45, 7) is 8.54. The van der Waals surface area contributed by atoms with Crippen molar-refractivity contribution >= 4 is 23.1 Å². The number of aliphatic hydroxyl groups is 2. The Kier molecular flexibility index (Phi) is 5.66. The summed E-state index contributed by atoms with van der Waals surface area (Å²) in [7, 11) is 0. The van der Waals surface area contributed by atoms with Gasteiger partial charge in [-0.3, -0.25) is 14.4 Å². The predicted octanol–water partition coefficient (Wildman–Crippen LogP) is 4.11. The molecule has 0 aromatic heterocycles. The molecule has 3 N–H and O–H groups in total. The van der Waals surface area contributed by atoms with Crippen LogP contribution in [0.3, 0.4) is 0 Å². The third kappa shape index (κ3) is 3.81. The van der Waals surface area contributed by atoms with Crippen molar-refractivity contribution in [2.75, 3.05) is 0 Å². The minimum Gasteiger partial charge on any atom is -0.511 e. The van der Waals surface area contributed by atoms with Crippen LogP contribution in [0.5, 0.6) is 5.75 Å². The van der Waals surface area contributed by atoms with Crippen molar-refractivity contribution in [3.05, 3.63) is 51.5 Å². The van der Waals surface area contributed by atoms with Crippen LogP contribution < -0.4 is 0 Å². The molecule has 4 rings (SSSR count). The summed E-state index contributed by atoms with van der Waals surface area (Å²) in [4.78, 5) is 44.0. The van der Waals surface area contributed by atoms with Crippen molar-refractivity contribution in [3.8, 4) is 5.75 Å². The molecule has 0 amide bonds. The van der Waals surface area contributed by atoms with Crippen molar-refractivity contribution in [2.24, 2.45) is 22.9 Å². The molecular weight excluding hydrogens is 438 g/mol. The number of fused-ring (bicyclic) bond motifs is 3. The zero-order valence-corrected chi connectivity index (χ0v) is 19.9. The Hall–Kier alpha value is -3.42. The molecule has 0 fully saturated rings. The molecule has 3 aliphatic rings. The molecule has 3 unspecified atom stereocenters. The van der Waals surface area contributed by atoms with Crippen LogP contribution in [0.15, 0.2) is 40.0 Å². The largest absolute Gasteiger partial charge is 0.511 e. The fraction of sp³-hybridized carbons (Fsp3) is 0.462. The lowest BCUT2D eigenvalue weighted by molar-refractivity contribution is -0.125. The van der Waals surface area contributed by atoms with Crippen LogP contribution in [0.4, 0.5) is 0 Å². The molecule has 1 aromatic rings. The van der Waals surface area contributed by atoms with Gasteiger partial charge in [0, 0.05) is 17.6 Å². The Morgan fingerprint density at radius 1 is 1.09 bits per heavy atom. The standard InChI is InChI=1S/C26H29NO7/c1-11(27-34-26(3,4)5)15-6-7-17(29)22-16(15)9-13-8-14-10-18(30)19(12(2)28)23(31)21(14)24(32)20(13)25(22)33/h6-7,13-14,21,29-30,32H,8-10H2,1-5H3/b27-11+. The summed E-state index contributed by atoms with van der Waals surface area (Å²) in [6, 6.07) is 3.09. The van der Waals surface area contributed by atoms with Crippen molar-refractivity contribution in [3.63, 3.8) is 0 Å². The highest BCUT2D eigenvalue weighted by Crippen LogP contribution is 2.49. The van der Waals surface area contributed by atoms with E-state index in [-0.39, 0.29) is 40.4 Å². The first-order chi connectivity index (χ1) is 15.8. The molecule has 0 aliphatic heterocycles. The van der Waals surface area contributed by atoms with Crippen LogP contribution in [0, 0.1) is 17.8 Å². The predicted molar refractivity (Wildman–Crippen MR) is 124 cm³/mol. The van der Waals surface area contributed by atoms with Gasteiger partial charge in [-0.15, -0.1) is 0 Å². The quantitative estimate of drug-likeness (QED) is 0.346. The zero-order chi connectivity index (χ0) is 25.1. The first-order valence-corrected chi connectivity index (χ1v) is 11.3. The highest BCUT2D eigenvalue weighted by molar-refractivity contribution is 6.22. The van der Waals surface area contributed by atoms with E-state index in [1.54, 1.807) is 13.0 Å². The highest BCUT2D eigenvalue weighted by atomic mass is 16.6. The molecule has 1 aromatic carbocycles. The van der Waals surface area contributed by atoms with Gasteiger partial charge in [-0.05, 0) is 77.0 Å². The molecule has 0 bridgehead atoms. The number of aromatic hydroxyl groups is 1. The van der Waals surface area contributed by atoms with Crippen molar-refractivity contribution in [2.45, 2.75) is 59.5 Å². The fourth-order valence-electron chi connectivity index (χ4n) is 5.35. The molecule has 0 heterocycles. The second-order valence-corrected chi connectivity index (χ2v) is 10.3. The molecule has 8 nitrogen and oxygen atoms in total. The van der Waals surface area contributed by atoms with E-state index in [9.17, 15) is 29.7 Å². The number of carbonyl (C=O) groups is 3. The monoisotopic (exact) mass is 467 g/mol. The number of phenolic OH excluding ortho intramolecular Hbond substituents is 1. The second kappa shape index (κ2) is 8.11. The third-order valence-electron chi connectivity index (χ3n) is 6.72. The molecule has 34 heavy (non-hydrogen) atoms. The van der Waals surface area contributed by atoms with E-state index in [2.05, 4.69) is 5.16 Å². The van der Waals surface area contributed by atoms with Gasteiger partial charge in [-0.1, -0.05) is 5.16 Å². The zero-order valence-electron chi connectivity index (χ0n) is 19.9. The summed E-state index contributed by atoms with van der Waals surface area (Å²) < 4.78 is 0. The average molecular weight is 468 g/mol. The number of hydrogen-bond acceptors (Lipinski definition) is 8. The van der Waals surface area contributed by atoms with Gasteiger partial charge in [-0.2, -0.15) is 0 Å². The number of phenols is 1. The summed E-state index contributed by atoms with van der Waals surface area (Å²) in [5.41, 5.74) is 1.17. The van der Waals surface area contributed by atoms with Gasteiger partial charge in [0.05, 0.1) is 22.8 Å². The van der Waals surface area contributed by atoms with Gasteiger partial charge in [0.15, 0.2) is 17.3 Å². The summed E-state index contributed by atoms with van der Waals surface area (Å²) >= 11 is 0. The number of ketones is 3. The Bertz CT molecular complexity index is 1210. The SMILES string of the molecule is CC(=O)C1=C(O)CC2CC3Cc4c(/C(C)=N/OC(C)(C)C)ccc(O)c4C(=O)C3=C(O)C2C1=O. The number of benzene rings is 1. The van der Waals surface area contributed by atoms with Crippen LogP contribution in [0.25, 0.3) is 0 Å². The van der Waals surface area contributed by atoms with Gasteiger partial charge in [0.25, 0.3) is 0 Å². The number of Topliss-reactive ketones (excluding diaryl/α,β-unsaturated/α-hetero) is 3. The van der Waals surface area contributed by atoms with E-state index in [1.165, 1.54) is 13.0 Å². The lowest BCUT2D eigenvalue weighted by Crippen LogP contribution is -2.42. The van der Waals surface area contributed by atoms with Crippen LogP contribution in [-0.2, 0) is 20.8 Å². The van der Waals surface area contributed by atoms with E-state index in [4.69, 9.17) is 4.84 Å². The smallest absolute Gasteiger partial charge is 0.196 e. The maximum atomic E-state index is 13.5. The van der Waals surface area contributed by atoms with E-state index in [1.807, 2.05) is 20.8 Å². The molecular formula is C26H29NO7. The minimum atomic E-state index is -1.06. The molecule has 0 saturated carbocycles. The molecule has 3 atom stereocenters. The molecule has 8 heteroatoms. The van der Waals surface area contributed by atoms with Crippen LogP contribution in [-0.4, -0.2) is 44.0 Å². The highest BCUT2D eigenvalue weighted by Gasteiger charge is 2.50. The van der Waals surface area contributed by atoms with Crippen LogP contribution in [0.1, 0.15) is 68.9 Å². The minimum absolute atomic E-state index is 0.0764. The number of allylic oxidation sites excluding steroid dienone is 4. The number of rotatable bonds is 3. The Balaban J connectivity index is 1.81. The lowest BCUT2D eigenvalue weighted by atomic mass is 9.62.